The fraction of sp³-hybridized carbons (Fsp3) is 0.600. The van der Waals surface area contributed by atoms with Gasteiger partial charge < -0.3 is 5.32 Å². The summed E-state index contributed by atoms with van der Waals surface area (Å²) in [5.41, 5.74) is 1.20. The molecule has 1 aliphatic heterocycles. The van der Waals surface area contributed by atoms with Crippen molar-refractivity contribution in [2.75, 3.05) is 25.0 Å². The predicted octanol–water partition coefficient (Wildman–Crippen LogP) is 3.98. The van der Waals surface area contributed by atoms with Crippen LogP contribution in [-0.4, -0.2) is 30.6 Å². The van der Waals surface area contributed by atoms with E-state index in [-0.39, 0.29) is 0 Å². The van der Waals surface area contributed by atoms with Crippen molar-refractivity contribution in [3.8, 4) is 0 Å². The van der Waals surface area contributed by atoms with E-state index in [1.54, 1.807) is 0 Å². The Labute approximate surface area is 119 Å². The predicted molar refractivity (Wildman–Crippen MR) is 82.1 cm³/mol. The molecule has 2 rings (SSSR count). The molecule has 0 saturated carbocycles. The molecule has 1 aliphatic rings. The van der Waals surface area contributed by atoms with Gasteiger partial charge >= 0.3 is 0 Å². The van der Waals surface area contributed by atoms with Gasteiger partial charge in [-0.3, -0.25) is 4.90 Å². The fourth-order valence-electron chi connectivity index (χ4n) is 2.73. The normalized spacial score (nSPS) is 25.1. The topological polar surface area (TPSA) is 15.3 Å². The highest BCUT2D eigenvalue weighted by atomic mass is 79.9. The van der Waals surface area contributed by atoms with Gasteiger partial charge in [-0.25, -0.2) is 0 Å². The maximum Gasteiger partial charge on any atom is 0.0351 e. The summed E-state index contributed by atoms with van der Waals surface area (Å²) in [6, 6.07) is 9.10. The molecule has 1 fully saturated rings. The number of nitrogens with zero attached hydrogens (tertiary/aromatic N) is 1. The van der Waals surface area contributed by atoms with Crippen molar-refractivity contribution in [2.24, 2.45) is 5.92 Å². The molecule has 0 aliphatic carbocycles. The molecular weight excluding hydrogens is 288 g/mol. The number of rotatable bonds is 4. The van der Waals surface area contributed by atoms with Crippen LogP contribution >= 0.6 is 15.9 Å². The second kappa shape index (κ2) is 6.58. The number of hydrogen-bond acceptors (Lipinski definition) is 2. The van der Waals surface area contributed by atoms with Crippen LogP contribution in [0, 0.1) is 5.92 Å². The molecule has 1 heterocycles. The Morgan fingerprint density at radius 1 is 1.39 bits per heavy atom. The standard InChI is InChI=1S/C15H23BrN2/c1-12-6-8-18(13(2)10-12)9-7-17-15-5-3-4-14(16)11-15/h3-5,11-13,17H,6-10H2,1-2H3. The highest BCUT2D eigenvalue weighted by Crippen LogP contribution is 2.21. The van der Waals surface area contributed by atoms with Crippen molar-refractivity contribution in [3.63, 3.8) is 0 Å². The number of hydrogen-bond donors (Lipinski definition) is 1. The summed E-state index contributed by atoms with van der Waals surface area (Å²) in [7, 11) is 0. The SMILES string of the molecule is CC1CCN(CCNc2cccc(Br)c2)C(C)C1. The zero-order chi connectivity index (χ0) is 13.0. The Kier molecular flexibility index (Phi) is 5.07. The second-order valence-electron chi connectivity index (χ2n) is 5.45. The summed E-state index contributed by atoms with van der Waals surface area (Å²) in [5.74, 6) is 0.897. The summed E-state index contributed by atoms with van der Waals surface area (Å²) in [4.78, 5) is 2.60. The van der Waals surface area contributed by atoms with Gasteiger partial charge in [0.05, 0.1) is 0 Å². The van der Waals surface area contributed by atoms with Crippen LogP contribution in [0.1, 0.15) is 26.7 Å². The first-order valence-electron chi connectivity index (χ1n) is 6.88. The van der Waals surface area contributed by atoms with Gasteiger partial charge in [0.25, 0.3) is 0 Å². The van der Waals surface area contributed by atoms with Crippen molar-refractivity contribution in [1.82, 2.24) is 4.90 Å². The summed E-state index contributed by atoms with van der Waals surface area (Å²) in [6.45, 7) is 8.14. The van der Waals surface area contributed by atoms with E-state index in [2.05, 4.69) is 64.3 Å². The van der Waals surface area contributed by atoms with E-state index in [0.29, 0.717) is 0 Å². The van der Waals surface area contributed by atoms with Crippen molar-refractivity contribution >= 4 is 21.6 Å². The van der Waals surface area contributed by atoms with Gasteiger partial charge in [-0.2, -0.15) is 0 Å². The van der Waals surface area contributed by atoms with Crippen molar-refractivity contribution < 1.29 is 0 Å². The molecule has 0 spiro atoms. The lowest BCUT2D eigenvalue weighted by molar-refractivity contribution is 0.135. The van der Waals surface area contributed by atoms with E-state index < -0.39 is 0 Å². The molecule has 2 nitrogen and oxygen atoms in total. The number of anilines is 1. The first-order chi connectivity index (χ1) is 8.65. The highest BCUT2D eigenvalue weighted by molar-refractivity contribution is 9.10. The summed E-state index contributed by atoms with van der Waals surface area (Å²) >= 11 is 3.50. The zero-order valence-electron chi connectivity index (χ0n) is 11.3. The van der Waals surface area contributed by atoms with Crippen LogP contribution in [0.15, 0.2) is 28.7 Å². The smallest absolute Gasteiger partial charge is 0.0351 e. The van der Waals surface area contributed by atoms with E-state index in [1.165, 1.54) is 25.1 Å². The zero-order valence-corrected chi connectivity index (χ0v) is 12.9. The maximum absolute atomic E-state index is 3.50. The molecule has 1 aromatic carbocycles. The van der Waals surface area contributed by atoms with E-state index in [0.717, 1.165) is 29.5 Å². The lowest BCUT2D eigenvalue weighted by atomic mass is 9.93. The van der Waals surface area contributed by atoms with Gasteiger partial charge in [-0.1, -0.05) is 28.9 Å². The first-order valence-corrected chi connectivity index (χ1v) is 7.68. The van der Waals surface area contributed by atoms with E-state index in [9.17, 15) is 0 Å². The number of benzene rings is 1. The summed E-state index contributed by atoms with van der Waals surface area (Å²) < 4.78 is 1.13. The van der Waals surface area contributed by atoms with Crippen LogP contribution in [0.5, 0.6) is 0 Å². The molecule has 100 valence electrons. The minimum absolute atomic E-state index is 0.734. The third-order valence-electron chi connectivity index (χ3n) is 3.83. The molecule has 2 unspecified atom stereocenters. The van der Waals surface area contributed by atoms with Crippen LogP contribution < -0.4 is 5.32 Å². The van der Waals surface area contributed by atoms with Crippen molar-refractivity contribution in [3.05, 3.63) is 28.7 Å². The van der Waals surface area contributed by atoms with E-state index in [4.69, 9.17) is 0 Å². The molecule has 18 heavy (non-hydrogen) atoms. The highest BCUT2D eigenvalue weighted by Gasteiger charge is 2.21. The molecule has 0 amide bonds. The third-order valence-corrected chi connectivity index (χ3v) is 4.32. The molecule has 1 N–H and O–H groups in total. The van der Waals surface area contributed by atoms with Crippen LogP contribution in [0.2, 0.25) is 0 Å². The van der Waals surface area contributed by atoms with E-state index >= 15 is 0 Å². The van der Waals surface area contributed by atoms with Gasteiger partial charge in [-0.15, -0.1) is 0 Å². The molecule has 0 aromatic heterocycles. The molecule has 0 bridgehead atoms. The van der Waals surface area contributed by atoms with Crippen molar-refractivity contribution in [1.29, 1.82) is 0 Å². The molecule has 1 aromatic rings. The lowest BCUT2D eigenvalue weighted by Gasteiger charge is -2.36. The molecule has 1 saturated heterocycles. The lowest BCUT2D eigenvalue weighted by Crippen LogP contribution is -2.42. The number of halogens is 1. The molecular formula is C15H23BrN2. The average molecular weight is 311 g/mol. The van der Waals surface area contributed by atoms with Crippen molar-refractivity contribution in [2.45, 2.75) is 32.7 Å². The van der Waals surface area contributed by atoms with Gasteiger partial charge in [0.2, 0.25) is 0 Å². The number of nitrogens with one attached hydrogen (secondary N) is 1. The number of likely N-dealkylation sites (tertiary alicyclic amines) is 1. The largest absolute Gasteiger partial charge is 0.384 e. The Bertz CT molecular complexity index is 381. The quantitative estimate of drug-likeness (QED) is 0.905. The first kappa shape index (κ1) is 13.9. The summed E-state index contributed by atoms with van der Waals surface area (Å²) in [5, 5.41) is 3.49. The van der Waals surface area contributed by atoms with Crippen LogP contribution in [-0.2, 0) is 0 Å². The molecule has 2 atom stereocenters. The van der Waals surface area contributed by atoms with Gasteiger partial charge in [0.15, 0.2) is 0 Å². The fourth-order valence-corrected chi connectivity index (χ4v) is 3.13. The monoisotopic (exact) mass is 310 g/mol. The average Bonchev–Trinajstić information content (AvgIpc) is 2.32. The van der Waals surface area contributed by atoms with Crippen LogP contribution in [0.25, 0.3) is 0 Å². The maximum atomic E-state index is 3.50. The molecule has 0 radical (unpaired) electrons. The minimum Gasteiger partial charge on any atom is -0.384 e. The Hall–Kier alpha value is -0.540. The van der Waals surface area contributed by atoms with Gasteiger partial charge in [-0.05, 0) is 50.4 Å². The molecule has 3 heteroatoms. The minimum atomic E-state index is 0.734. The summed E-state index contributed by atoms with van der Waals surface area (Å²) in [6.07, 6.45) is 2.69. The Morgan fingerprint density at radius 3 is 2.94 bits per heavy atom. The van der Waals surface area contributed by atoms with E-state index in [1.807, 2.05) is 0 Å². The van der Waals surface area contributed by atoms with Gasteiger partial charge in [0.1, 0.15) is 0 Å². The Balaban J connectivity index is 1.75. The van der Waals surface area contributed by atoms with Crippen LogP contribution in [0.4, 0.5) is 5.69 Å². The van der Waals surface area contributed by atoms with Crippen LogP contribution in [0.3, 0.4) is 0 Å². The Morgan fingerprint density at radius 2 is 2.22 bits per heavy atom. The third kappa shape index (κ3) is 3.99. The number of piperidine rings is 1. The second-order valence-corrected chi connectivity index (χ2v) is 6.37. The van der Waals surface area contributed by atoms with Gasteiger partial charge in [0, 0.05) is 29.3 Å².